The lowest BCUT2D eigenvalue weighted by Gasteiger charge is -2.29. The van der Waals surface area contributed by atoms with Gasteiger partial charge in [-0.15, -0.1) is 0 Å². The third-order valence-corrected chi connectivity index (χ3v) is 2.12. The Morgan fingerprint density at radius 1 is 1.60 bits per heavy atom. The molecule has 6 nitrogen and oxygen atoms in total. The molecule has 0 bridgehead atoms. The predicted molar refractivity (Wildman–Crippen MR) is 52.1 cm³/mol. The lowest BCUT2D eigenvalue weighted by atomic mass is 10.1. The zero-order valence-electron chi connectivity index (χ0n) is 8.66. The summed E-state index contributed by atoms with van der Waals surface area (Å²) in [6.07, 6.45) is -0.751. The van der Waals surface area contributed by atoms with Gasteiger partial charge in [-0.05, 0) is 0 Å². The van der Waals surface area contributed by atoms with E-state index in [9.17, 15) is 9.59 Å². The Hall–Kier alpha value is -1.14. The van der Waals surface area contributed by atoms with Crippen molar-refractivity contribution in [3.63, 3.8) is 0 Å². The van der Waals surface area contributed by atoms with Gasteiger partial charge in [-0.25, -0.2) is 0 Å². The van der Waals surface area contributed by atoms with Crippen molar-refractivity contribution in [2.75, 3.05) is 19.7 Å². The summed E-state index contributed by atoms with van der Waals surface area (Å²) in [6.45, 7) is 2.52. The van der Waals surface area contributed by atoms with Crippen molar-refractivity contribution in [1.29, 1.82) is 0 Å². The summed E-state index contributed by atoms with van der Waals surface area (Å²) >= 11 is 0. The summed E-state index contributed by atoms with van der Waals surface area (Å²) in [5.74, 6) is -0.860. The summed E-state index contributed by atoms with van der Waals surface area (Å²) in [4.78, 5) is 22.3. The van der Waals surface area contributed by atoms with E-state index in [1.165, 1.54) is 6.92 Å². The number of aliphatic hydroxyl groups excluding tert-OH is 1. The fourth-order valence-corrected chi connectivity index (χ4v) is 1.25. The van der Waals surface area contributed by atoms with E-state index in [0.29, 0.717) is 0 Å². The molecular weight excluding hydrogens is 200 g/mol. The quantitative estimate of drug-likeness (QED) is 0.481. The van der Waals surface area contributed by atoms with Gasteiger partial charge in [0.15, 0.2) is 6.10 Å². The number of carbonyl (C=O) groups is 2. The number of amides is 1. The molecule has 0 saturated carbocycles. The second-order valence-corrected chi connectivity index (χ2v) is 3.47. The first-order valence-electron chi connectivity index (χ1n) is 4.92. The topological polar surface area (TPSA) is 87.7 Å². The Morgan fingerprint density at radius 3 is 2.67 bits per heavy atom. The molecule has 1 unspecified atom stereocenters. The van der Waals surface area contributed by atoms with Gasteiger partial charge in [-0.3, -0.25) is 9.59 Å². The molecule has 0 aromatic carbocycles. The fourth-order valence-electron chi connectivity index (χ4n) is 1.25. The first-order valence-corrected chi connectivity index (χ1v) is 4.92. The Labute approximate surface area is 88.0 Å². The van der Waals surface area contributed by atoms with E-state index < -0.39 is 12.1 Å². The van der Waals surface area contributed by atoms with Crippen molar-refractivity contribution in [3.05, 3.63) is 0 Å². The van der Waals surface area contributed by atoms with Gasteiger partial charge in [0.25, 0.3) is 5.91 Å². The van der Waals surface area contributed by atoms with Crippen molar-refractivity contribution in [3.8, 4) is 0 Å². The normalized spacial score (nSPS) is 17.7. The minimum absolute atomic E-state index is 0.106. The Kier molecular flexibility index (Phi) is 4.51. The molecule has 15 heavy (non-hydrogen) atoms. The molecule has 0 aromatic heterocycles. The van der Waals surface area contributed by atoms with E-state index in [2.05, 4.69) is 10.6 Å². The molecule has 86 valence electrons. The standard InChI is InChI=1S/C9H16N2O4/c1-6(13)15-8(2-3-12)9(14)11-7-4-10-5-7/h7-8,10,12H,2-5H2,1H3,(H,11,14). The number of ether oxygens (including phenoxy) is 1. The van der Waals surface area contributed by atoms with E-state index in [0.717, 1.165) is 13.1 Å². The molecule has 1 aliphatic heterocycles. The summed E-state index contributed by atoms with van der Waals surface area (Å²) in [5, 5.41) is 14.4. The summed E-state index contributed by atoms with van der Waals surface area (Å²) in [6, 6.07) is 0.106. The highest BCUT2D eigenvalue weighted by Crippen LogP contribution is 2.01. The molecule has 6 heteroatoms. The van der Waals surface area contributed by atoms with Crippen LogP contribution in [-0.4, -0.2) is 48.8 Å². The maximum absolute atomic E-state index is 11.5. The van der Waals surface area contributed by atoms with E-state index >= 15 is 0 Å². The van der Waals surface area contributed by atoms with Crippen LogP contribution in [0.25, 0.3) is 0 Å². The number of carbonyl (C=O) groups excluding carboxylic acids is 2. The molecule has 0 spiro atoms. The zero-order chi connectivity index (χ0) is 11.3. The van der Waals surface area contributed by atoms with Crippen LogP contribution in [0.15, 0.2) is 0 Å². The summed E-state index contributed by atoms with van der Waals surface area (Å²) in [7, 11) is 0. The highest BCUT2D eigenvalue weighted by atomic mass is 16.5. The number of rotatable bonds is 5. The number of aliphatic hydroxyl groups is 1. The molecule has 1 heterocycles. The highest BCUT2D eigenvalue weighted by Gasteiger charge is 2.25. The molecule has 1 fully saturated rings. The first-order chi connectivity index (χ1) is 7.13. The SMILES string of the molecule is CC(=O)OC(CCO)C(=O)NC1CNC1. The number of nitrogens with one attached hydrogen (secondary N) is 2. The first kappa shape index (κ1) is 11.9. The van der Waals surface area contributed by atoms with Gasteiger partial charge in [0.2, 0.25) is 0 Å². The average Bonchev–Trinajstić information content (AvgIpc) is 2.09. The minimum Gasteiger partial charge on any atom is -0.452 e. The monoisotopic (exact) mass is 216 g/mol. The van der Waals surface area contributed by atoms with E-state index in [1.54, 1.807) is 0 Å². The molecule has 1 atom stereocenters. The van der Waals surface area contributed by atoms with Gasteiger partial charge in [0.05, 0.1) is 6.04 Å². The zero-order valence-corrected chi connectivity index (χ0v) is 8.66. The van der Waals surface area contributed by atoms with Crippen molar-refractivity contribution in [2.24, 2.45) is 0 Å². The highest BCUT2D eigenvalue weighted by molar-refractivity contribution is 5.83. The van der Waals surface area contributed by atoms with Crippen molar-refractivity contribution in [1.82, 2.24) is 10.6 Å². The van der Waals surface area contributed by atoms with Gasteiger partial charge in [-0.2, -0.15) is 0 Å². The molecule has 0 aromatic rings. The molecule has 1 rings (SSSR count). The lowest BCUT2D eigenvalue weighted by molar-refractivity contribution is -0.155. The summed E-state index contributed by atoms with van der Waals surface area (Å²) < 4.78 is 4.79. The maximum Gasteiger partial charge on any atom is 0.303 e. The van der Waals surface area contributed by atoms with Crippen LogP contribution in [0.3, 0.4) is 0 Å². The van der Waals surface area contributed by atoms with E-state index in [1.807, 2.05) is 0 Å². The van der Waals surface area contributed by atoms with Crippen LogP contribution in [0.2, 0.25) is 0 Å². The second-order valence-electron chi connectivity index (χ2n) is 3.47. The van der Waals surface area contributed by atoms with Crippen LogP contribution in [0.5, 0.6) is 0 Å². The Balaban J connectivity index is 2.38. The number of esters is 1. The largest absolute Gasteiger partial charge is 0.452 e. The molecule has 0 radical (unpaired) electrons. The van der Waals surface area contributed by atoms with Crippen LogP contribution in [0.4, 0.5) is 0 Å². The van der Waals surface area contributed by atoms with Gasteiger partial charge in [0, 0.05) is 33.0 Å². The lowest BCUT2D eigenvalue weighted by Crippen LogP contribution is -2.58. The van der Waals surface area contributed by atoms with Gasteiger partial charge < -0.3 is 20.5 Å². The van der Waals surface area contributed by atoms with Crippen molar-refractivity contribution >= 4 is 11.9 Å². The average molecular weight is 216 g/mol. The predicted octanol–water partition coefficient (Wildman–Crippen LogP) is -1.61. The van der Waals surface area contributed by atoms with E-state index in [4.69, 9.17) is 9.84 Å². The number of hydrogen-bond acceptors (Lipinski definition) is 5. The minimum atomic E-state index is -0.881. The fraction of sp³-hybridized carbons (Fsp3) is 0.778. The van der Waals surface area contributed by atoms with Crippen molar-refractivity contribution in [2.45, 2.75) is 25.5 Å². The third-order valence-electron chi connectivity index (χ3n) is 2.12. The molecule has 0 aliphatic carbocycles. The molecular formula is C9H16N2O4. The second kappa shape index (κ2) is 5.67. The molecule has 1 amide bonds. The van der Waals surface area contributed by atoms with E-state index in [-0.39, 0.29) is 25.0 Å². The van der Waals surface area contributed by atoms with Crippen LogP contribution < -0.4 is 10.6 Å². The van der Waals surface area contributed by atoms with Gasteiger partial charge in [-0.1, -0.05) is 0 Å². The Bertz CT molecular complexity index is 240. The molecule has 1 saturated heterocycles. The van der Waals surface area contributed by atoms with Crippen LogP contribution in [0, 0.1) is 0 Å². The van der Waals surface area contributed by atoms with Gasteiger partial charge >= 0.3 is 5.97 Å². The smallest absolute Gasteiger partial charge is 0.303 e. The maximum atomic E-state index is 11.5. The molecule has 1 aliphatic rings. The summed E-state index contributed by atoms with van der Waals surface area (Å²) in [5.41, 5.74) is 0. The van der Waals surface area contributed by atoms with Crippen LogP contribution in [-0.2, 0) is 14.3 Å². The van der Waals surface area contributed by atoms with Crippen molar-refractivity contribution < 1.29 is 19.4 Å². The van der Waals surface area contributed by atoms with Crippen LogP contribution in [0.1, 0.15) is 13.3 Å². The van der Waals surface area contributed by atoms with Crippen LogP contribution >= 0.6 is 0 Å². The Morgan fingerprint density at radius 2 is 2.27 bits per heavy atom. The number of hydrogen-bond donors (Lipinski definition) is 3. The third kappa shape index (κ3) is 3.85. The molecule has 3 N–H and O–H groups in total. The van der Waals surface area contributed by atoms with Gasteiger partial charge in [0.1, 0.15) is 0 Å².